The van der Waals surface area contributed by atoms with Gasteiger partial charge in [-0.05, 0) is 30.5 Å². The Balaban J connectivity index is 2.35. The summed E-state index contributed by atoms with van der Waals surface area (Å²) in [7, 11) is 0. The van der Waals surface area contributed by atoms with Crippen molar-refractivity contribution >= 4 is 15.9 Å². The molecule has 0 spiro atoms. The molecule has 0 aliphatic heterocycles. The number of nitrogens with zero attached hydrogens (tertiary/aromatic N) is 1. The fourth-order valence-corrected chi connectivity index (χ4v) is 2.40. The number of hydrogen-bond acceptors (Lipinski definition) is 1. The molecule has 1 nitrogen and oxygen atoms in total. The Bertz CT molecular complexity index is 503. The van der Waals surface area contributed by atoms with Crippen LogP contribution in [0.2, 0.25) is 0 Å². The fraction of sp³-hybridized carbons (Fsp3) is 0.267. The average molecular weight is 290 g/mol. The van der Waals surface area contributed by atoms with Crippen molar-refractivity contribution < 1.29 is 0 Å². The molecule has 88 valence electrons. The highest BCUT2D eigenvalue weighted by Gasteiger charge is 2.03. The molecular formula is C15H16BrN. The Hall–Kier alpha value is -1.15. The zero-order valence-electron chi connectivity index (χ0n) is 10.2. The van der Waals surface area contributed by atoms with Gasteiger partial charge in [0.05, 0.1) is 5.69 Å². The van der Waals surface area contributed by atoms with E-state index < -0.39 is 0 Å². The van der Waals surface area contributed by atoms with E-state index in [2.05, 4.69) is 71.2 Å². The number of benzene rings is 1. The minimum atomic E-state index is 0.862. The van der Waals surface area contributed by atoms with Gasteiger partial charge in [-0.15, -0.1) is 0 Å². The number of rotatable bonds is 3. The van der Waals surface area contributed by atoms with Gasteiger partial charge < -0.3 is 0 Å². The van der Waals surface area contributed by atoms with Crippen molar-refractivity contribution in [1.29, 1.82) is 0 Å². The molecule has 0 fully saturated rings. The van der Waals surface area contributed by atoms with Crippen molar-refractivity contribution in [3.8, 4) is 11.3 Å². The minimum absolute atomic E-state index is 0.862. The predicted molar refractivity (Wildman–Crippen MR) is 76.4 cm³/mol. The largest absolute Gasteiger partial charge is 0.253 e. The van der Waals surface area contributed by atoms with Crippen LogP contribution in [0.4, 0.5) is 0 Å². The molecule has 0 aliphatic carbocycles. The van der Waals surface area contributed by atoms with Crippen LogP contribution in [-0.4, -0.2) is 4.98 Å². The van der Waals surface area contributed by atoms with Crippen molar-refractivity contribution in [2.24, 2.45) is 0 Å². The maximum atomic E-state index is 4.64. The maximum Gasteiger partial charge on any atom is 0.0705 e. The highest BCUT2D eigenvalue weighted by atomic mass is 79.9. The molecule has 2 aromatic rings. The second kappa shape index (κ2) is 5.46. The Kier molecular flexibility index (Phi) is 3.95. The van der Waals surface area contributed by atoms with Crippen LogP contribution in [0.3, 0.4) is 0 Å². The summed E-state index contributed by atoms with van der Waals surface area (Å²) in [6.07, 6.45) is 1.08. The number of hydrogen-bond donors (Lipinski definition) is 0. The molecule has 0 amide bonds. The second-order valence-electron chi connectivity index (χ2n) is 4.13. The van der Waals surface area contributed by atoms with Gasteiger partial charge in [-0.1, -0.05) is 53.2 Å². The number of halogens is 1. The number of alkyl halides is 1. The normalized spacial score (nSPS) is 10.5. The van der Waals surface area contributed by atoms with E-state index in [0.29, 0.717) is 0 Å². The molecule has 1 aromatic carbocycles. The fourth-order valence-electron chi connectivity index (χ4n) is 1.80. The van der Waals surface area contributed by atoms with Gasteiger partial charge in [-0.25, -0.2) is 0 Å². The summed E-state index contributed by atoms with van der Waals surface area (Å²) in [5, 5.41) is 0.862. The van der Waals surface area contributed by atoms with Crippen LogP contribution in [0.15, 0.2) is 36.4 Å². The first-order valence-corrected chi connectivity index (χ1v) is 6.98. The molecule has 2 heteroatoms. The summed E-state index contributed by atoms with van der Waals surface area (Å²) in [6.45, 7) is 4.22. The van der Waals surface area contributed by atoms with Crippen molar-refractivity contribution in [1.82, 2.24) is 4.98 Å². The van der Waals surface area contributed by atoms with E-state index >= 15 is 0 Å². The standard InChI is InChI=1S/C15H16BrN/c1-3-12-4-6-13(7-5-12)15-9-8-14(10-16)11(2)17-15/h4-9H,3,10H2,1-2H3. The Morgan fingerprint density at radius 3 is 2.29 bits per heavy atom. The quantitative estimate of drug-likeness (QED) is 0.758. The maximum absolute atomic E-state index is 4.64. The minimum Gasteiger partial charge on any atom is -0.253 e. The molecule has 1 heterocycles. The molecule has 0 N–H and O–H groups in total. The summed E-state index contributed by atoms with van der Waals surface area (Å²) < 4.78 is 0. The lowest BCUT2D eigenvalue weighted by Crippen LogP contribution is -1.92. The summed E-state index contributed by atoms with van der Waals surface area (Å²) in [5.41, 5.74) is 5.95. The van der Waals surface area contributed by atoms with Gasteiger partial charge in [0.1, 0.15) is 0 Å². The average Bonchev–Trinajstić information content (AvgIpc) is 2.39. The topological polar surface area (TPSA) is 12.9 Å². The van der Waals surface area contributed by atoms with E-state index in [1.54, 1.807) is 0 Å². The molecule has 0 bridgehead atoms. The van der Waals surface area contributed by atoms with Gasteiger partial charge in [-0.3, -0.25) is 4.98 Å². The third kappa shape index (κ3) is 2.75. The van der Waals surface area contributed by atoms with Crippen molar-refractivity contribution in [2.45, 2.75) is 25.6 Å². The predicted octanol–water partition coefficient (Wildman–Crippen LogP) is 4.51. The smallest absolute Gasteiger partial charge is 0.0705 e. The summed E-state index contributed by atoms with van der Waals surface area (Å²) >= 11 is 3.47. The number of pyridine rings is 1. The Morgan fingerprint density at radius 1 is 1.06 bits per heavy atom. The van der Waals surface area contributed by atoms with Crippen LogP contribution in [0, 0.1) is 6.92 Å². The van der Waals surface area contributed by atoms with Crippen molar-refractivity contribution in [3.05, 3.63) is 53.2 Å². The summed E-state index contributed by atoms with van der Waals surface area (Å²) in [4.78, 5) is 4.64. The third-order valence-electron chi connectivity index (χ3n) is 3.00. The van der Waals surface area contributed by atoms with Crippen LogP contribution in [0.5, 0.6) is 0 Å². The van der Waals surface area contributed by atoms with Crippen molar-refractivity contribution in [3.63, 3.8) is 0 Å². The molecule has 0 radical (unpaired) electrons. The first-order valence-electron chi connectivity index (χ1n) is 5.86. The lowest BCUT2D eigenvalue weighted by molar-refractivity contribution is 1.13. The molecular weight excluding hydrogens is 274 g/mol. The summed E-state index contributed by atoms with van der Waals surface area (Å²) in [5.74, 6) is 0. The van der Waals surface area contributed by atoms with E-state index in [-0.39, 0.29) is 0 Å². The van der Waals surface area contributed by atoms with Crippen LogP contribution in [0.25, 0.3) is 11.3 Å². The molecule has 17 heavy (non-hydrogen) atoms. The van der Waals surface area contributed by atoms with Crippen LogP contribution in [0.1, 0.15) is 23.7 Å². The van der Waals surface area contributed by atoms with Gasteiger partial charge in [0.15, 0.2) is 0 Å². The molecule has 1 aromatic heterocycles. The molecule has 0 unspecified atom stereocenters. The van der Waals surface area contributed by atoms with E-state index in [4.69, 9.17) is 0 Å². The number of aryl methyl sites for hydroxylation is 2. The van der Waals surface area contributed by atoms with Crippen LogP contribution in [-0.2, 0) is 11.8 Å². The highest BCUT2D eigenvalue weighted by molar-refractivity contribution is 9.08. The van der Waals surface area contributed by atoms with Gasteiger partial charge in [0, 0.05) is 16.6 Å². The molecule has 0 saturated heterocycles. The number of aromatic nitrogens is 1. The van der Waals surface area contributed by atoms with Gasteiger partial charge in [-0.2, -0.15) is 0 Å². The van der Waals surface area contributed by atoms with Gasteiger partial charge >= 0.3 is 0 Å². The van der Waals surface area contributed by atoms with Gasteiger partial charge in [0.2, 0.25) is 0 Å². The zero-order valence-corrected chi connectivity index (χ0v) is 11.8. The van der Waals surface area contributed by atoms with Crippen LogP contribution >= 0.6 is 15.9 Å². The van der Waals surface area contributed by atoms with E-state index in [0.717, 1.165) is 23.1 Å². The molecule has 0 saturated carbocycles. The van der Waals surface area contributed by atoms with Crippen molar-refractivity contribution in [2.75, 3.05) is 0 Å². The van der Waals surface area contributed by atoms with E-state index in [1.165, 1.54) is 16.7 Å². The summed E-state index contributed by atoms with van der Waals surface area (Å²) in [6, 6.07) is 12.9. The SMILES string of the molecule is CCc1ccc(-c2ccc(CBr)c(C)n2)cc1. The zero-order chi connectivity index (χ0) is 12.3. The van der Waals surface area contributed by atoms with E-state index in [1.807, 2.05) is 0 Å². The first-order chi connectivity index (χ1) is 8.24. The van der Waals surface area contributed by atoms with E-state index in [9.17, 15) is 0 Å². The van der Waals surface area contributed by atoms with Gasteiger partial charge in [0.25, 0.3) is 0 Å². The first kappa shape index (κ1) is 12.3. The Labute approximate surface area is 111 Å². The Morgan fingerprint density at radius 2 is 1.76 bits per heavy atom. The molecule has 0 atom stereocenters. The molecule has 2 rings (SSSR count). The second-order valence-corrected chi connectivity index (χ2v) is 4.69. The lowest BCUT2D eigenvalue weighted by Gasteiger charge is -2.06. The van der Waals surface area contributed by atoms with Crippen LogP contribution < -0.4 is 0 Å². The third-order valence-corrected chi connectivity index (χ3v) is 3.60. The molecule has 0 aliphatic rings. The highest BCUT2D eigenvalue weighted by Crippen LogP contribution is 2.20. The monoisotopic (exact) mass is 289 g/mol. The lowest BCUT2D eigenvalue weighted by atomic mass is 10.1.